The van der Waals surface area contributed by atoms with Crippen LogP contribution in [0.5, 0.6) is 0 Å². The zero-order valence-corrected chi connectivity index (χ0v) is 16.2. The number of aryl methyl sites for hydroxylation is 2. The summed E-state index contributed by atoms with van der Waals surface area (Å²) in [4.78, 5) is 14.2. The van der Waals surface area contributed by atoms with E-state index < -0.39 is 0 Å². The molecule has 1 atom stereocenters. The number of anilines is 1. The highest BCUT2D eigenvalue weighted by atomic mass is 16.5. The van der Waals surface area contributed by atoms with Gasteiger partial charge in [0.25, 0.3) is 0 Å². The van der Waals surface area contributed by atoms with Crippen LogP contribution in [0, 0.1) is 13.8 Å². The van der Waals surface area contributed by atoms with Gasteiger partial charge in [-0.05, 0) is 32.4 Å². The standard InChI is InChI=1S/C21H28N4O/c1-15-5-7-17(8-6-15)11-25-10-9-21(13-25)14-26-12-18-16(2)22-20(24(3)4)23-19(18)21/h5-8H,9-14H2,1-4H3/t21-/m1/s1. The minimum atomic E-state index is -0.00323. The highest BCUT2D eigenvalue weighted by Crippen LogP contribution is 2.40. The van der Waals surface area contributed by atoms with Crippen LogP contribution in [0.3, 0.4) is 0 Å². The fourth-order valence-corrected chi connectivity index (χ4v) is 4.17. The monoisotopic (exact) mass is 352 g/mol. The lowest BCUT2D eigenvalue weighted by Gasteiger charge is -2.35. The van der Waals surface area contributed by atoms with E-state index in [2.05, 4.69) is 48.0 Å². The van der Waals surface area contributed by atoms with Crippen molar-refractivity contribution in [3.05, 3.63) is 52.3 Å². The van der Waals surface area contributed by atoms with Crippen molar-refractivity contribution in [1.82, 2.24) is 14.9 Å². The van der Waals surface area contributed by atoms with E-state index in [1.165, 1.54) is 22.4 Å². The van der Waals surface area contributed by atoms with Crippen LogP contribution in [-0.4, -0.2) is 48.7 Å². The van der Waals surface area contributed by atoms with Gasteiger partial charge < -0.3 is 9.64 Å². The van der Waals surface area contributed by atoms with E-state index in [1.54, 1.807) is 0 Å². The predicted octanol–water partition coefficient (Wildman–Crippen LogP) is 2.83. The molecule has 0 saturated carbocycles. The molecule has 0 amide bonds. The summed E-state index contributed by atoms with van der Waals surface area (Å²) in [5.74, 6) is 0.805. The van der Waals surface area contributed by atoms with Gasteiger partial charge in [0.1, 0.15) is 0 Å². The van der Waals surface area contributed by atoms with Gasteiger partial charge in [-0.1, -0.05) is 29.8 Å². The van der Waals surface area contributed by atoms with E-state index in [0.717, 1.165) is 44.3 Å². The predicted molar refractivity (Wildman–Crippen MR) is 104 cm³/mol. The number of benzene rings is 1. The summed E-state index contributed by atoms with van der Waals surface area (Å²) < 4.78 is 6.01. The third-order valence-electron chi connectivity index (χ3n) is 5.69. The van der Waals surface area contributed by atoms with Crippen LogP contribution >= 0.6 is 0 Å². The second-order valence-electron chi connectivity index (χ2n) is 8.05. The Labute approximate surface area is 156 Å². The molecule has 1 fully saturated rings. The molecule has 2 aromatic rings. The van der Waals surface area contributed by atoms with E-state index >= 15 is 0 Å². The summed E-state index contributed by atoms with van der Waals surface area (Å²) in [6.07, 6.45) is 1.09. The zero-order chi connectivity index (χ0) is 18.3. The molecule has 2 aliphatic rings. The van der Waals surface area contributed by atoms with Gasteiger partial charge in [0.15, 0.2) is 0 Å². The lowest BCUT2D eigenvalue weighted by molar-refractivity contribution is 0.0498. The maximum atomic E-state index is 6.01. The molecule has 1 aromatic carbocycles. The second-order valence-corrected chi connectivity index (χ2v) is 8.05. The lowest BCUT2D eigenvalue weighted by Crippen LogP contribution is -2.41. The number of nitrogens with zero attached hydrogens (tertiary/aromatic N) is 4. The molecule has 1 saturated heterocycles. The summed E-state index contributed by atoms with van der Waals surface area (Å²) in [5, 5.41) is 0. The number of ether oxygens (including phenoxy) is 1. The first-order valence-electron chi connectivity index (χ1n) is 9.38. The van der Waals surface area contributed by atoms with Gasteiger partial charge in [0, 0.05) is 38.4 Å². The average Bonchev–Trinajstić information content (AvgIpc) is 3.01. The summed E-state index contributed by atoms with van der Waals surface area (Å²) in [5.41, 5.74) is 6.14. The van der Waals surface area contributed by atoms with Crippen LogP contribution in [-0.2, 0) is 23.3 Å². The molecular weight excluding hydrogens is 324 g/mol. The van der Waals surface area contributed by atoms with Crippen molar-refractivity contribution < 1.29 is 4.74 Å². The smallest absolute Gasteiger partial charge is 0.225 e. The SMILES string of the molecule is Cc1ccc(CN2CC[C@]3(COCc4c(C)nc(N(C)C)nc43)C2)cc1. The molecule has 0 radical (unpaired) electrons. The van der Waals surface area contributed by atoms with Crippen LogP contribution in [0.4, 0.5) is 5.95 Å². The topological polar surface area (TPSA) is 41.5 Å². The molecular formula is C21H28N4O. The highest BCUT2D eigenvalue weighted by molar-refractivity contribution is 5.41. The van der Waals surface area contributed by atoms with Crippen LogP contribution < -0.4 is 4.90 Å². The van der Waals surface area contributed by atoms with E-state index in [-0.39, 0.29) is 5.41 Å². The lowest BCUT2D eigenvalue weighted by atomic mass is 9.80. The Morgan fingerprint density at radius 3 is 2.65 bits per heavy atom. The number of fused-ring (bicyclic) bond motifs is 2. The molecule has 2 aliphatic heterocycles. The first kappa shape index (κ1) is 17.4. The van der Waals surface area contributed by atoms with Gasteiger partial charge in [0.05, 0.1) is 24.3 Å². The number of aromatic nitrogens is 2. The van der Waals surface area contributed by atoms with E-state index in [0.29, 0.717) is 6.61 Å². The van der Waals surface area contributed by atoms with E-state index in [4.69, 9.17) is 9.72 Å². The minimum Gasteiger partial charge on any atom is -0.376 e. The summed E-state index contributed by atoms with van der Waals surface area (Å²) >= 11 is 0. The van der Waals surface area contributed by atoms with Gasteiger partial charge in [-0.15, -0.1) is 0 Å². The van der Waals surface area contributed by atoms with Gasteiger partial charge in [0.2, 0.25) is 5.95 Å². The van der Waals surface area contributed by atoms with E-state index in [9.17, 15) is 0 Å². The normalized spacial score (nSPS) is 22.6. The second kappa shape index (κ2) is 6.63. The van der Waals surface area contributed by atoms with Crippen molar-refractivity contribution in [3.63, 3.8) is 0 Å². The number of likely N-dealkylation sites (tertiary alicyclic amines) is 1. The maximum Gasteiger partial charge on any atom is 0.225 e. The van der Waals surface area contributed by atoms with Crippen molar-refractivity contribution >= 4 is 5.95 Å². The minimum absolute atomic E-state index is 0.00323. The fraction of sp³-hybridized carbons (Fsp3) is 0.524. The van der Waals surface area contributed by atoms with Gasteiger partial charge in [-0.25, -0.2) is 9.97 Å². The Morgan fingerprint density at radius 1 is 1.15 bits per heavy atom. The van der Waals surface area contributed by atoms with Crippen molar-refractivity contribution in [2.24, 2.45) is 0 Å². The van der Waals surface area contributed by atoms with Gasteiger partial charge in [-0.3, -0.25) is 4.90 Å². The summed E-state index contributed by atoms with van der Waals surface area (Å²) in [6, 6.07) is 8.87. The molecule has 0 unspecified atom stereocenters. The van der Waals surface area contributed by atoms with Crippen molar-refractivity contribution in [2.75, 3.05) is 38.7 Å². The van der Waals surface area contributed by atoms with Gasteiger partial charge >= 0.3 is 0 Å². The quantitative estimate of drug-likeness (QED) is 0.850. The van der Waals surface area contributed by atoms with Crippen molar-refractivity contribution in [1.29, 1.82) is 0 Å². The largest absolute Gasteiger partial charge is 0.376 e. The Kier molecular flexibility index (Phi) is 4.45. The molecule has 5 heteroatoms. The third kappa shape index (κ3) is 3.10. The Hall–Kier alpha value is -1.98. The average molecular weight is 352 g/mol. The first-order valence-corrected chi connectivity index (χ1v) is 9.38. The number of rotatable bonds is 3. The highest BCUT2D eigenvalue weighted by Gasteiger charge is 2.45. The molecule has 1 aromatic heterocycles. The molecule has 4 rings (SSSR count). The molecule has 0 bridgehead atoms. The van der Waals surface area contributed by atoms with E-state index in [1.807, 2.05) is 19.0 Å². The van der Waals surface area contributed by atoms with Crippen molar-refractivity contribution in [2.45, 2.75) is 38.8 Å². The van der Waals surface area contributed by atoms with Gasteiger partial charge in [-0.2, -0.15) is 0 Å². The van der Waals surface area contributed by atoms with Crippen LogP contribution in [0.1, 0.15) is 34.5 Å². The third-order valence-corrected chi connectivity index (χ3v) is 5.69. The Balaban J connectivity index is 1.61. The molecule has 0 aliphatic carbocycles. The molecule has 0 N–H and O–H groups in total. The molecule has 138 valence electrons. The van der Waals surface area contributed by atoms with Crippen molar-refractivity contribution in [3.8, 4) is 0 Å². The maximum absolute atomic E-state index is 6.01. The number of hydrogen-bond acceptors (Lipinski definition) is 5. The van der Waals surface area contributed by atoms with Crippen LogP contribution in [0.25, 0.3) is 0 Å². The zero-order valence-electron chi connectivity index (χ0n) is 16.2. The molecule has 3 heterocycles. The van der Waals surface area contributed by atoms with Crippen LogP contribution in [0.15, 0.2) is 24.3 Å². The fourth-order valence-electron chi connectivity index (χ4n) is 4.17. The Morgan fingerprint density at radius 2 is 1.92 bits per heavy atom. The molecule has 1 spiro atoms. The number of hydrogen-bond donors (Lipinski definition) is 0. The van der Waals surface area contributed by atoms with Crippen LogP contribution in [0.2, 0.25) is 0 Å². The molecule has 5 nitrogen and oxygen atoms in total. The first-order chi connectivity index (χ1) is 12.5. The molecule has 26 heavy (non-hydrogen) atoms. The Bertz CT molecular complexity index is 802. The summed E-state index contributed by atoms with van der Waals surface area (Å²) in [7, 11) is 4.01. The summed E-state index contributed by atoms with van der Waals surface area (Å²) in [6.45, 7) is 8.67.